The molecule has 7 nitrogen and oxygen atoms in total. The molecule has 0 aliphatic carbocycles. The SMILES string of the molecule is CC(C)(C)NC(=O)CNC(=O)Cn1cccc1C(=O)O. The molecule has 0 aromatic carbocycles. The standard InChI is InChI=1S/C13H19N3O4/c1-13(2,3)15-10(17)7-14-11(18)8-16-6-4-5-9(16)12(19)20/h4-6H,7-8H2,1-3H3,(H,14,18)(H,15,17)(H,19,20). The lowest BCUT2D eigenvalue weighted by molar-refractivity contribution is -0.127. The fourth-order valence-corrected chi connectivity index (χ4v) is 1.60. The number of amides is 2. The zero-order valence-corrected chi connectivity index (χ0v) is 11.8. The Labute approximate surface area is 117 Å². The Morgan fingerprint density at radius 2 is 1.90 bits per heavy atom. The van der Waals surface area contributed by atoms with Crippen molar-refractivity contribution in [1.29, 1.82) is 0 Å². The summed E-state index contributed by atoms with van der Waals surface area (Å²) in [6, 6.07) is 2.95. The molecule has 1 aromatic heterocycles. The summed E-state index contributed by atoms with van der Waals surface area (Å²) in [6.45, 7) is 5.24. The number of aromatic carboxylic acids is 1. The highest BCUT2D eigenvalue weighted by molar-refractivity contribution is 5.88. The number of nitrogens with zero attached hydrogens (tertiary/aromatic N) is 1. The van der Waals surface area contributed by atoms with E-state index in [1.165, 1.54) is 16.8 Å². The second-order valence-corrected chi connectivity index (χ2v) is 5.40. The molecule has 0 radical (unpaired) electrons. The first-order valence-corrected chi connectivity index (χ1v) is 6.15. The summed E-state index contributed by atoms with van der Waals surface area (Å²) in [4.78, 5) is 34.0. The fraction of sp³-hybridized carbons (Fsp3) is 0.462. The molecule has 1 aromatic rings. The maximum Gasteiger partial charge on any atom is 0.352 e. The van der Waals surface area contributed by atoms with E-state index in [1.807, 2.05) is 20.8 Å². The molecule has 0 saturated heterocycles. The average Bonchev–Trinajstić information content (AvgIpc) is 2.72. The lowest BCUT2D eigenvalue weighted by atomic mass is 10.1. The van der Waals surface area contributed by atoms with Gasteiger partial charge in [0.2, 0.25) is 11.8 Å². The number of carboxylic acid groups (broad SMARTS) is 1. The maximum atomic E-state index is 11.7. The zero-order valence-electron chi connectivity index (χ0n) is 11.8. The van der Waals surface area contributed by atoms with Crippen LogP contribution in [0.15, 0.2) is 18.3 Å². The third kappa shape index (κ3) is 5.13. The zero-order chi connectivity index (χ0) is 15.3. The summed E-state index contributed by atoms with van der Waals surface area (Å²) < 4.78 is 1.30. The van der Waals surface area contributed by atoms with E-state index in [1.54, 1.807) is 6.07 Å². The summed E-state index contributed by atoms with van der Waals surface area (Å²) in [7, 11) is 0. The molecule has 110 valence electrons. The van der Waals surface area contributed by atoms with Crippen molar-refractivity contribution in [2.24, 2.45) is 0 Å². The lowest BCUT2D eigenvalue weighted by Crippen LogP contribution is -2.46. The second-order valence-electron chi connectivity index (χ2n) is 5.40. The molecule has 7 heteroatoms. The summed E-state index contributed by atoms with van der Waals surface area (Å²) in [5.74, 6) is -1.82. The van der Waals surface area contributed by atoms with Gasteiger partial charge in [-0.1, -0.05) is 0 Å². The van der Waals surface area contributed by atoms with Gasteiger partial charge in [-0.2, -0.15) is 0 Å². The van der Waals surface area contributed by atoms with Crippen LogP contribution in [0.1, 0.15) is 31.3 Å². The van der Waals surface area contributed by atoms with Gasteiger partial charge in [0.15, 0.2) is 0 Å². The Kier molecular flexibility index (Phi) is 4.90. The van der Waals surface area contributed by atoms with E-state index in [0.717, 1.165) is 0 Å². The molecule has 0 fully saturated rings. The Morgan fingerprint density at radius 1 is 1.25 bits per heavy atom. The molecule has 0 bridgehead atoms. The number of carbonyl (C=O) groups excluding carboxylic acids is 2. The van der Waals surface area contributed by atoms with Gasteiger partial charge in [-0.25, -0.2) is 4.79 Å². The van der Waals surface area contributed by atoms with Crippen LogP contribution >= 0.6 is 0 Å². The van der Waals surface area contributed by atoms with Crippen LogP contribution in [0, 0.1) is 0 Å². The Morgan fingerprint density at radius 3 is 2.45 bits per heavy atom. The number of nitrogens with one attached hydrogen (secondary N) is 2. The van der Waals surface area contributed by atoms with E-state index in [2.05, 4.69) is 10.6 Å². The number of hydrogen-bond donors (Lipinski definition) is 3. The average molecular weight is 281 g/mol. The number of carboxylic acids is 1. The van der Waals surface area contributed by atoms with Crippen LogP contribution in [0.25, 0.3) is 0 Å². The van der Waals surface area contributed by atoms with Gasteiger partial charge in [-0.3, -0.25) is 9.59 Å². The van der Waals surface area contributed by atoms with Gasteiger partial charge in [0.05, 0.1) is 6.54 Å². The second kappa shape index (κ2) is 6.23. The Hall–Kier alpha value is -2.31. The molecule has 0 spiro atoms. The van der Waals surface area contributed by atoms with Gasteiger partial charge >= 0.3 is 5.97 Å². The van der Waals surface area contributed by atoms with Crippen LogP contribution in [-0.2, 0) is 16.1 Å². The predicted molar refractivity (Wildman–Crippen MR) is 72.3 cm³/mol. The van der Waals surface area contributed by atoms with Crippen LogP contribution in [0.4, 0.5) is 0 Å². The van der Waals surface area contributed by atoms with Crippen molar-refractivity contribution < 1.29 is 19.5 Å². The summed E-state index contributed by atoms with van der Waals surface area (Å²) in [5, 5.41) is 14.0. The minimum Gasteiger partial charge on any atom is -0.477 e. The van der Waals surface area contributed by atoms with Gasteiger partial charge in [-0.05, 0) is 32.9 Å². The molecule has 1 heterocycles. The van der Waals surface area contributed by atoms with Crippen LogP contribution in [-0.4, -0.2) is 39.5 Å². The molecule has 0 aliphatic rings. The highest BCUT2D eigenvalue weighted by Gasteiger charge is 2.15. The van der Waals surface area contributed by atoms with E-state index < -0.39 is 11.9 Å². The molecule has 0 aliphatic heterocycles. The topological polar surface area (TPSA) is 100 Å². The third-order valence-corrected chi connectivity index (χ3v) is 2.32. The van der Waals surface area contributed by atoms with Crippen molar-refractivity contribution in [2.75, 3.05) is 6.54 Å². The van der Waals surface area contributed by atoms with Gasteiger partial charge < -0.3 is 20.3 Å². The highest BCUT2D eigenvalue weighted by Crippen LogP contribution is 2.02. The quantitative estimate of drug-likeness (QED) is 0.718. The fourth-order valence-electron chi connectivity index (χ4n) is 1.60. The number of rotatable bonds is 5. The third-order valence-electron chi connectivity index (χ3n) is 2.32. The molecule has 20 heavy (non-hydrogen) atoms. The minimum atomic E-state index is -1.10. The smallest absolute Gasteiger partial charge is 0.352 e. The van der Waals surface area contributed by atoms with Crippen LogP contribution in [0.5, 0.6) is 0 Å². The van der Waals surface area contributed by atoms with Crippen LogP contribution in [0.2, 0.25) is 0 Å². The largest absolute Gasteiger partial charge is 0.477 e. The van der Waals surface area contributed by atoms with Crippen molar-refractivity contribution in [3.63, 3.8) is 0 Å². The molecule has 2 amide bonds. The molecular weight excluding hydrogens is 262 g/mol. The Bertz CT molecular complexity index is 514. The van der Waals surface area contributed by atoms with E-state index in [9.17, 15) is 14.4 Å². The molecule has 0 atom stereocenters. The van der Waals surface area contributed by atoms with Crippen molar-refractivity contribution in [2.45, 2.75) is 32.9 Å². The number of hydrogen-bond acceptors (Lipinski definition) is 3. The summed E-state index contributed by atoms with van der Waals surface area (Å²) in [5.41, 5.74) is -0.335. The van der Waals surface area contributed by atoms with Gasteiger partial charge in [0.1, 0.15) is 12.2 Å². The van der Waals surface area contributed by atoms with Gasteiger partial charge in [-0.15, -0.1) is 0 Å². The lowest BCUT2D eigenvalue weighted by Gasteiger charge is -2.20. The van der Waals surface area contributed by atoms with Crippen molar-refractivity contribution in [3.05, 3.63) is 24.0 Å². The number of aromatic nitrogens is 1. The first-order valence-electron chi connectivity index (χ1n) is 6.15. The number of carbonyl (C=O) groups is 3. The van der Waals surface area contributed by atoms with Gasteiger partial charge in [0, 0.05) is 11.7 Å². The normalized spacial score (nSPS) is 10.9. The summed E-state index contributed by atoms with van der Waals surface area (Å²) >= 11 is 0. The van der Waals surface area contributed by atoms with Gasteiger partial charge in [0.25, 0.3) is 0 Å². The molecule has 3 N–H and O–H groups in total. The molecule has 0 unspecified atom stereocenters. The van der Waals surface area contributed by atoms with Crippen LogP contribution < -0.4 is 10.6 Å². The van der Waals surface area contributed by atoms with E-state index in [4.69, 9.17) is 5.11 Å². The van der Waals surface area contributed by atoms with Crippen LogP contribution in [0.3, 0.4) is 0 Å². The first kappa shape index (κ1) is 15.7. The van der Waals surface area contributed by atoms with Crippen molar-refractivity contribution in [3.8, 4) is 0 Å². The molecular formula is C13H19N3O4. The molecule has 0 saturated carbocycles. The van der Waals surface area contributed by atoms with E-state index in [-0.39, 0.29) is 30.2 Å². The maximum absolute atomic E-state index is 11.7. The minimum absolute atomic E-state index is 0.0271. The Balaban J connectivity index is 2.46. The predicted octanol–water partition coefficient (Wildman–Crippen LogP) is 0.217. The van der Waals surface area contributed by atoms with E-state index in [0.29, 0.717) is 0 Å². The monoisotopic (exact) mass is 281 g/mol. The summed E-state index contributed by atoms with van der Waals surface area (Å²) in [6.07, 6.45) is 1.50. The molecule has 1 rings (SSSR count). The van der Waals surface area contributed by atoms with Crippen molar-refractivity contribution >= 4 is 17.8 Å². The first-order chi connectivity index (χ1) is 9.19. The van der Waals surface area contributed by atoms with Crippen molar-refractivity contribution in [1.82, 2.24) is 15.2 Å². The van der Waals surface area contributed by atoms with E-state index >= 15 is 0 Å². The highest BCUT2D eigenvalue weighted by atomic mass is 16.4.